The van der Waals surface area contributed by atoms with Crippen LogP contribution in [0.25, 0.3) is 20.5 Å². The van der Waals surface area contributed by atoms with Crippen molar-refractivity contribution >= 4 is 39.5 Å². The van der Waals surface area contributed by atoms with E-state index in [1.165, 1.54) is 6.08 Å². The van der Waals surface area contributed by atoms with Gasteiger partial charge in [0.2, 0.25) is 5.91 Å². The highest BCUT2D eigenvalue weighted by Crippen LogP contribution is 2.45. The number of carbonyl (C=O) groups excluding carboxylic acids is 1. The number of amides is 1. The zero-order valence-corrected chi connectivity index (χ0v) is 19.3. The van der Waals surface area contributed by atoms with Crippen LogP contribution in [0.5, 0.6) is 5.75 Å². The van der Waals surface area contributed by atoms with Gasteiger partial charge in [0.25, 0.3) is 0 Å². The lowest BCUT2D eigenvalue weighted by Gasteiger charge is -2.13. The quantitative estimate of drug-likeness (QED) is 0.296. The molecule has 1 atom stereocenters. The van der Waals surface area contributed by atoms with Gasteiger partial charge in [-0.3, -0.25) is 10.2 Å². The van der Waals surface area contributed by atoms with Crippen LogP contribution >= 0.6 is 11.3 Å². The van der Waals surface area contributed by atoms with Crippen molar-refractivity contribution in [3.05, 3.63) is 53.4 Å². The summed E-state index contributed by atoms with van der Waals surface area (Å²) in [4.78, 5) is 22.4. The Bertz CT molecular complexity index is 1250. The molecule has 4 N–H and O–H groups in total. The van der Waals surface area contributed by atoms with Crippen LogP contribution in [0.15, 0.2) is 35.8 Å². The zero-order valence-electron chi connectivity index (χ0n) is 18.5. The first-order chi connectivity index (χ1) is 15.4. The molecule has 8 heteroatoms. The Kier molecular flexibility index (Phi) is 5.88. The van der Waals surface area contributed by atoms with Crippen LogP contribution in [0.2, 0.25) is 0 Å². The number of nitrogens with zero attached hydrogens (tertiary/aromatic N) is 2. The molecule has 0 bridgehead atoms. The monoisotopic (exact) mass is 449 g/mol. The molecule has 32 heavy (non-hydrogen) atoms. The molecule has 3 aromatic rings. The van der Waals surface area contributed by atoms with Crippen molar-refractivity contribution in [2.45, 2.75) is 26.2 Å². The molecule has 1 aliphatic heterocycles. The number of H-pyrrole nitrogens is 1. The number of benzene rings is 1. The summed E-state index contributed by atoms with van der Waals surface area (Å²) in [6.45, 7) is 9.08. The van der Waals surface area contributed by atoms with E-state index in [0.717, 1.165) is 55.9 Å². The molecule has 1 saturated heterocycles. The van der Waals surface area contributed by atoms with E-state index < -0.39 is 0 Å². The average Bonchev–Trinajstić information content (AvgIpc) is 3.50. The lowest BCUT2D eigenvalue weighted by Crippen LogP contribution is -2.26. The van der Waals surface area contributed by atoms with Gasteiger partial charge in [0.1, 0.15) is 17.9 Å². The maximum absolute atomic E-state index is 12.0. The van der Waals surface area contributed by atoms with E-state index in [9.17, 15) is 4.79 Å². The Morgan fingerprint density at radius 3 is 2.88 bits per heavy atom. The average molecular weight is 450 g/mol. The minimum Gasteiger partial charge on any atom is -0.495 e. The van der Waals surface area contributed by atoms with Crippen molar-refractivity contribution in [2.24, 2.45) is 10.7 Å². The van der Waals surface area contributed by atoms with Crippen LogP contribution < -0.4 is 10.5 Å². The van der Waals surface area contributed by atoms with Gasteiger partial charge >= 0.3 is 0 Å². The fraction of sp³-hybridized carbons (Fsp3) is 0.292. The van der Waals surface area contributed by atoms with Gasteiger partial charge < -0.3 is 20.4 Å². The smallest absolute Gasteiger partial charge is 0.245 e. The van der Waals surface area contributed by atoms with Crippen LogP contribution in [0.4, 0.5) is 0 Å². The predicted octanol–water partition coefficient (Wildman–Crippen LogP) is 4.34. The van der Waals surface area contributed by atoms with Crippen LogP contribution in [0, 0.1) is 19.3 Å². The molecular formula is C24H27N5O2S. The minimum absolute atomic E-state index is 0.0489. The number of ether oxygens (including phenoxy) is 1. The van der Waals surface area contributed by atoms with Crippen LogP contribution in [-0.4, -0.2) is 48.2 Å². The van der Waals surface area contributed by atoms with Crippen molar-refractivity contribution in [3.63, 3.8) is 0 Å². The summed E-state index contributed by atoms with van der Waals surface area (Å²) < 4.78 is 6.73. The van der Waals surface area contributed by atoms with Crippen molar-refractivity contribution in [1.29, 1.82) is 5.41 Å². The Balaban J connectivity index is 1.84. The Morgan fingerprint density at radius 2 is 2.19 bits per heavy atom. The summed E-state index contributed by atoms with van der Waals surface area (Å²) in [7, 11) is 1.69. The predicted molar refractivity (Wildman–Crippen MR) is 131 cm³/mol. The first kappa shape index (κ1) is 21.8. The summed E-state index contributed by atoms with van der Waals surface area (Å²) >= 11 is 1.66. The van der Waals surface area contributed by atoms with Gasteiger partial charge in [-0.2, -0.15) is 0 Å². The maximum atomic E-state index is 12.0. The molecule has 2 aromatic heterocycles. The number of carbonyl (C=O) groups is 1. The van der Waals surface area contributed by atoms with Crippen molar-refractivity contribution in [1.82, 2.24) is 9.88 Å². The molecular weight excluding hydrogens is 422 g/mol. The molecule has 0 radical (unpaired) electrons. The van der Waals surface area contributed by atoms with E-state index in [2.05, 4.69) is 42.5 Å². The number of fused-ring (bicyclic) bond motifs is 1. The van der Waals surface area contributed by atoms with Gasteiger partial charge in [-0.25, -0.2) is 4.99 Å². The summed E-state index contributed by atoms with van der Waals surface area (Å²) in [6, 6.07) is 6.33. The van der Waals surface area contributed by atoms with Crippen LogP contribution in [0.1, 0.15) is 34.9 Å². The number of aromatic nitrogens is 1. The summed E-state index contributed by atoms with van der Waals surface area (Å²) in [6.07, 6.45) is 3.17. The van der Waals surface area contributed by atoms with E-state index in [0.29, 0.717) is 18.8 Å². The minimum atomic E-state index is -0.0489. The third-order valence-electron chi connectivity index (χ3n) is 6.03. The zero-order chi connectivity index (χ0) is 23.0. The van der Waals surface area contributed by atoms with Crippen molar-refractivity contribution in [2.75, 3.05) is 20.2 Å². The molecule has 4 rings (SSSR count). The number of aliphatic imine (C=N–C) groups is 1. The number of nitrogens with one attached hydrogen (secondary N) is 2. The molecule has 1 fully saturated rings. The number of aryl methyl sites for hydroxylation is 2. The molecule has 0 saturated carbocycles. The number of likely N-dealkylation sites (tertiary alicyclic amines) is 1. The molecule has 1 aromatic carbocycles. The highest BCUT2D eigenvalue weighted by atomic mass is 32.1. The number of thiophene rings is 1. The lowest BCUT2D eigenvalue weighted by molar-refractivity contribution is -0.125. The second kappa shape index (κ2) is 8.63. The molecule has 1 amide bonds. The van der Waals surface area contributed by atoms with Gasteiger partial charge in [-0.05, 0) is 49.6 Å². The van der Waals surface area contributed by atoms with Crippen LogP contribution in [0.3, 0.4) is 0 Å². The standard InChI is InChI=1S/C24H27N5O2S/c1-5-20(30)29-7-6-15(11-29)18-10-17(21(28-18)24(26)27-12-25)22-14(3)16-8-13(2)9-19(31-4)23(16)32-22/h5,8-10,12,15,28H,1,6-7,11H2,2-4H3,(H3,25,26,27). The van der Waals surface area contributed by atoms with E-state index in [1.807, 2.05) is 11.0 Å². The van der Waals surface area contributed by atoms with Gasteiger partial charge in [-0.1, -0.05) is 12.6 Å². The van der Waals surface area contributed by atoms with E-state index >= 15 is 0 Å². The number of nitrogens with two attached hydrogens (primary N) is 1. The first-order valence-corrected chi connectivity index (χ1v) is 11.2. The van der Waals surface area contributed by atoms with Gasteiger partial charge in [0.05, 0.1) is 17.5 Å². The molecule has 3 heterocycles. The first-order valence-electron chi connectivity index (χ1n) is 10.4. The SMILES string of the molecule is C=CC(=O)N1CCC(c2cc(-c3sc4c(OC)cc(C)cc4c3C)c(/C(N)=N\C=N)[nH]2)C1. The second-order valence-corrected chi connectivity index (χ2v) is 9.05. The van der Waals surface area contributed by atoms with E-state index in [4.69, 9.17) is 15.9 Å². The summed E-state index contributed by atoms with van der Waals surface area (Å²) in [5.74, 6) is 1.24. The highest BCUT2D eigenvalue weighted by molar-refractivity contribution is 7.23. The normalized spacial score (nSPS) is 16.5. The second-order valence-electron chi connectivity index (χ2n) is 8.03. The molecule has 1 aliphatic rings. The number of aromatic amines is 1. The fourth-order valence-corrected chi connectivity index (χ4v) is 5.69. The van der Waals surface area contributed by atoms with E-state index in [-0.39, 0.29) is 17.7 Å². The van der Waals surface area contributed by atoms with Gasteiger partial charge in [0, 0.05) is 40.5 Å². The number of methoxy groups -OCH3 is 1. The summed E-state index contributed by atoms with van der Waals surface area (Å²) in [5.41, 5.74) is 11.2. The van der Waals surface area contributed by atoms with Gasteiger partial charge in [-0.15, -0.1) is 11.3 Å². The Hall–Kier alpha value is -3.39. The third kappa shape index (κ3) is 3.71. The molecule has 0 spiro atoms. The molecule has 166 valence electrons. The van der Waals surface area contributed by atoms with Crippen molar-refractivity contribution < 1.29 is 9.53 Å². The third-order valence-corrected chi connectivity index (χ3v) is 7.38. The number of hydrogen-bond donors (Lipinski definition) is 3. The Labute approximate surface area is 191 Å². The fourth-order valence-electron chi connectivity index (χ4n) is 4.39. The topological polar surface area (TPSA) is 108 Å². The largest absolute Gasteiger partial charge is 0.495 e. The molecule has 0 aliphatic carbocycles. The highest BCUT2D eigenvalue weighted by Gasteiger charge is 2.29. The van der Waals surface area contributed by atoms with Gasteiger partial charge in [0.15, 0.2) is 0 Å². The van der Waals surface area contributed by atoms with E-state index in [1.54, 1.807) is 18.4 Å². The number of hydrogen-bond acceptors (Lipinski definition) is 4. The lowest BCUT2D eigenvalue weighted by atomic mass is 10.0. The Morgan fingerprint density at radius 1 is 1.41 bits per heavy atom. The maximum Gasteiger partial charge on any atom is 0.245 e. The number of amidine groups is 1. The number of rotatable bonds is 6. The van der Waals surface area contributed by atoms with Crippen molar-refractivity contribution in [3.8, 4) is 16.2 Å². The molecule has 7 nitrogen and oxygen atoms in total. The van der Waals surface area contributed by atoms with Crippen LogP contribution in [-0.2, 0) is 4.79 Å². The summed E-state index contributed by atoms with van der Waals surface area (Å²) in [5, 5.41) is 8.51. The molecule has 1 unspecified atom stereocenters.